The third kappa shape index (κ3) is 6.57. The second kappa shape index (κ2) is 9.73. The number of carbonyl (C=O) groups excluding carboxylic acids is 1. The van der Waals surface area contributed by atoms with Crippen LogP contribution < -0.4 is 4.57 Å². The first kappa shape index (κ1) is 21.2. The van der Waals surface area contributed by atoms with E-state index in [-0.39, 0.29) is 4.90 Å². The Labute approximate surface area is 165 Å². The topological polar surface area (TPSA) is 78.1 Å². The lowest BCUT2D eigenvalue weighted by molar-refractivity contribution is -0.673. The van der Waals surface area contributed by atoms with Crippen molar-refractivity contribution in [2.24, 2.45) is 7.05 Å². The van der Waals surface area contributed by atoms with E-state index in [4.69, 9.17) is 0 Å². The number of rotatable bonds is 4. The third-order valence-electron chi connectivity index (χ3n) is 3.90. The zero-order chi connectivity index (χ0) is 20.6. The smallest absolute Gasteiger partial charge is 0.204 e. The summed E-state index contributed by atoms with van der Waals surface area (Å²) in [6.07, 6.45) is 6.90. The van der Waals surface area contributed by atoms with E-state index in [0.29, 0.717) is 5.56 Å². The van der Waals surface area contributed by atoms with Crippen LogP contribution in [0.25, 0.3) is 12.2 Å². The molecular weight excluding hydrogens is 374 g/mol. The minimum absolute atomic E-state index is 0.178. The highest BCUT2D eigenvalue weighted by molar-refractivity contribution is 7.85. The van der Waals surface area contributed by atoms with Gasteiger partial charge in [0.05, 0.1) is 4.90 Å². The number of benzene rings is 2. The molecule has 6 heteroatoms. The average Bonchev–Trinajstić information content (AvgIpc) is 2.68. The van der Waals surface area contributed by atoms with Crippen LogP contribution in [-0.4, -0.2) is 19.3 Å². The van der Waals surface area contributed by atoms with Gasteiger partial charge in [0.2, 0.25) is 5.69 Å². The standard InChI is InChI=1S/C15H14NO.C7H8O3S/c1-16-10-3-2-7-15(16)9-8-13-5-4-6-14(11-13)12-17;1-6-2-4-7(5-3-6)11(8,9)10/h2-12H,1H3;2-5H,1H3,(H,8,9,10)/q+1;/p-1. The van der Waals surface area contributed by atoms with Gasteiger partial charge in [0.25, 0.3) is 0 Å². The predicted octanol–water partition coefficient (Wildman–Crippen LogP) is 3.39. The van der Waals surface area contributed by atoms with E-state index >= 15 is 0 Å². The first-order chi connectivity index (χ1) is 13.3. The van der Waals surface area contributed by atoms with Crippen LogP contribution in [0.3, 0.4) is 0 Å². The van der Waals surface area contributed by atoms with Crippen molar-refractivity contribution in [1.82, 2.24) is 0 Å². The van der Waals surface area contributed by atoms with Crippen LogP contribution in [0, 0.1) is 6.92 Å². The minimum atomic E-state index is -4.27. The summed E-state index contributed by atoms with van der Waals surface area (Å²) in [4.78, 5) is 10.5. The molecule has 2 aromatic carbocycles. The summed E-state index contributed by atoms with van der Waals surface area (Å²) in [7, 11) is -2.27. The van der Waals surface area contributed by atoms with Crippen LogP contribution in [0.5, 0.6) is 0 Å². The van der Waals surface area contributed by atoms with Gasteiger partial charge in [-0.2, -0.15) is 0 Å². The molecule has 5 nitrogen and oxygen atoms in total. The summed E-state index contributed by atoms with van der Waals surface area (Å²) in [5.74, 6) is 0. The molecule has 3 rings (SSSR count). The molecule has 1 heterocycles. The molecule has 0 saturated carbocycles. The normalized spacial score (nSPS) is 11.0. The monoisotopic (exact) mass is 395 g/mol. The first-order valence-corrected chi connectivity index (χ1v) is 9.91. The summed E-state index contributed by atoms with van der Waals surface area (Å²) in [5, 5.41) is 0. The Kier molecular flexibility index (Phi) is 7.37. The van der Waals surface area contributed by atoms with Crippen molar-refractivity contribution in [3.05, 3.63) is 95.3 Å². The molecule has 0 spiro atoms. The average molecular weight is 395 g/mol. The molecule has 0 aliphatic carbocycles. The molecule has 28 heavy (non-hydrogen) atoms. The maximum absolute atomic E-state index is 10.7. The Morgan fingerprint density at radius 3 is 2.18 bits per heavy atom. The van der Waals surface area contributed by atoms with Crippen LogP contribution in [0.1, 0.15) is 27.2 Å². The first-order valence-electron chi connectivity index (χ1n) is 8.50. The fraction of sp³-hybridized carbons (Fsp3) is 0.0909. The summed E-state index contributed by atoms with van der Waals surface area (Å²) in [6, 6.07) is 19.3. The largest absolute Gasteiger partial charge is 0.744 e. The van der Waals surface area contributed by atoms with Gasteiger partial charge in [-0.25, -0.2) is 13.0 Å². The summed E-state index contributed by atoms with van der Waals surface area (Å²) in [5.41, 5.74) is 3.77. The second-order valence-electron chi connectivity index (χ2n) is 6.12. The number of aryl methyl sites for hydroxylation is 2. The molecule has 0 amide bonds. The number of aromatic nitrogens is 1. The number of carbonyl (C=O) groups is 1. The van der Waals surface area contributed by atoms with E-state index in [0.717, 1.165) is 23.1 Å². The highest BCUT2D eigenvalue weighted by Gasteiger charge is 1.99. The van der Waals surface area contributed by atoms with Crippen molar-refractivity contribution in [2.75, 3.05) is 0 Å². The van der Waals surface area contributed by atoms with Gasteiger partial charge in [-0.3, -0.25) is 4.79 Å². The van der Waals surface area contributed by atoms with E-state index in [9.17, 15) is 17.8 Å². The van der Waals surface area contributed by atoms with Crippen LogP contribution in [-0.2, 0) is 17.2 Å². The van der Waals surface area contributed by atoms with Gasteiger partial charge >= 0.3 is 0 Å². The molecule has 0 aliphatic heterocycles. The van der Waals surface area contributed by atoms with Crippen molar-refractivity contribution in [3.63, 3.8) is 0 Å². The van der Waals surface area contributed by atoms with Crippen LogP contribution in [0.2, 0.25) is 0 Å². The predicted molar refractivity (Wildman–Crippen MR) is 108 cm³/mol. The van der Waals surface area contributed by atoms with E-state index in [2.05, 4.69) is 0 Å². The Balaban J connectivity index is 0.000000221. The Hall–Kier alpha value is -3.09. The van der Waals surface area contributed by atoms with Crippen LogP contribution in [0.4, 0.5) is 0 Å². The maximum Gasteiger partial charge on any atom is 0.204 e. The Morgan fingerprint density at radius 2 is 1.57 bits per heavy atom. The Bertz CT molecular complexity index is 1070. The fourth-order valence-corrected chi connectivity index (χ4v) is 2.80. The van der Waals surface area contributed by atoms with Crippen LogP contribution >= 0.6 is 0 Å². The molecule has 0 atom stereocenters. The highest BCUT2D eigenvalue weighted by Crippen LogP contribution is 2.09. The van der Waals surface area contributed by atoms with E-state index in [1.54, 1.807) is 18.2 Å². The number of hydrogen-bond donors (Lipinski definition) is 0. The van der Waals surface area contributed by atoms with Gasteiger partial charge in [0, 0.05) is 23.8 Å². The lowest BCUT2D eigenvalue weighted by atomic mass is 10.1. The van der Waals surface area contributed by atoms with Gasteiger partial charge in [0.1, 0.15) is 23.5 Å². The van der Waals surface area contributed by atoms with Crippen molar-refractivity contribution >= 4 is 28.6 Å². The Morgan fingerprint density at radius 1 is 0.893 bits per heavy atom. The molecule has 0 N–H and O–H groups in total. The fourth-order valence-electron chi connectivity index (χ4n) is 2.33. The van der Waals surface area contributed by atoms with Gasteiger partial charge in [-0.05, 0) is 42.8 Å². The lowest BCUT2D eigenvalue weighted by Gasteiger charge is -2.05. The number of nitrogens with zero attached hydrogens (tertiary/aromatic N) is 1. The highest BCUT2D eigenvalue weighted by atomic mass is 32.2. The zero-order valence-corrected chi connectivity index (χ0v) is 16.5. The summed E-state index contributed by atoms with van der Waals surface area (Å²) < 4.78 is 33.2. The molecule has 0 unspecified atom stereocenters. The van der Waals surface area contributed by atoms with Gasteiger partial charge in [0.15, 0.2) is 6.20 Å². The van der Waals surface area contributed by atoms with Crippen molar-refractivity contribution in [3.8, 4) is 0 Å². The molecule has 144 valence electrons. The van der Waals surface area contributed by atoms with Gasteiger partial charge in [-0.1, -0.05) is 35.9 Å². The third-order valence-corrected chi connectivity index (χ3v) is 4.75. The van der Waals surface area contributed by atoms with E-state index in [1.807, 2.05) is 73.3 Å². The zero-order valence-electron chi connectivity index (χ0n) is 15.6. The maximum atomic E-state index is 10.7. The van der Waals surface area contributed by atoms with Crippen molar-refractivity contribution < 1.29 is 22.3 Å². The molecule has 1 aromatic heterocycles. The van der Waals surface area contributed by atoms with Gasteiger partial charge < -0.3 is 4.55 Å². The van der Waals surface area contributed by atoms with E-state index in [1.165, 1.54) is 12.1 Å². The molecule has 0 radical (unpaired) electrons. The van der Waals surface area contributed by atoms with Crippen LogP contribution in [0.15, 0.2) is 77.8 Å². The summed E-state index contributed by atoms with van der Waals surface area (Å²) >= 11 is 0. The van der Waals surface area contributed by atoms with Crippen molar-refractivity contribution in [1.29, 1.82) is 0 Å². The molecule has 0 aliphatic rings. The summed E-state index contributed by atoms with van der Waals surface area (Å²) in [6.45, 7) is 1.82. The quantitative estimate of drug-likeness (QED) is 0.385. The molecule has 0 saturated heterocycles. The number of hydrogen-bond acceptors (Lipinski definition) is 4. The molecule has 3 aromatic rings. The van der Waals surface area contributed by atoms with Crippen molar-refractivity contribution in [2.45, 2.75) is 11.8 Å². The number of aldehydes is 1. The number of pyridine rings is 1. The second-order valence-corrected chi connectivity index (χ2v) is 7.50. The minimum Gasteiger partial charge on any atom is -0.744 e. The van der Waals surface area contributed by atoms with E-state index < -0.39 is 10.1 Å². The lowest BCUT2D eigenvalue weighted by Crippen LogP contribution is -2.30. The SMILES string of the molecule is C[n+]1ccccc1C=Cc1cccc(C=O)c1.Cc1ccc(S(=O)(=O)[O-])cc1. The molecular formula is C22H21NO4S. The molecule has 0 bridgehead atoms. The van der Waals surface area contributed by atoms with Gasteiger partial charge in [-0.15, -0.1) is 0 Å². The molecule has 0 fully saturated rings.